The second-order valence-corrected chi connectivity index (χ2v) is 5.56. The molecule has 0 bridgehead atoms. The molecule has 106 valence electrons. The molecule has 2 rings (SSSR count). The van der Waals surface area contributed by atoms with E-state index in [2.05, 4.69) is 11.9 Å². The molecule has 1 heterocycles. The van der Waals surface area contributed by atoms with E-state index in [1.165, 1.54) is 12.8 Å². The van der Waals surface area contributed by atoms with Crippen molar-refractivity contribution in [2.75, 3.05) is 40.0 Å². The van der Waals surface area contributed by atoms with Crippen LogP contribution in [0.15, 0.2) is 24.3 Å². The van der Waals surface area contributed by atoms with E-state index >= 15 is 0 Å². The fraction of sp³-hybridized carbons (Fsp3) is 0.600. The van der Waals surface area contributed by atoms with E-state index in [0.717, 1.165) is 38.0 Å². The van der Waals surface area contributed by atoms with Crippen LogP contribution in [0.1, 0.15) is 12.8 Å². The lowest BCUT2D eigenvalue weighted by atomic mass is 10.1. The average Bonchev–Trinajstić information content (AvgIpc) is 2.89. The molecule has 0 saturated carbocycles. The lowest BCUT2D eigenvalue weighted by Gasteiger charge is -2.18. The molecule has 0 amide bonds. The molecule has 0 N–H and O–H groups in total. The molecule has 0 radical (unpaired) electrons. The average molecular weight is 284 g/mol. The van der Waals surface area contributed by atoms with Crippen LogP contribution in [-0.2, 0) is 4.74 Å². The molecule has 1 aliphatic heterocycles. The van der Waals surface area contributed by atoms with Crippen molar-refractivity contribution < 1.29 is 9.47 Å². The monoisotopic (exact) mass is 283 g/mol. The number of halogens is 1. The Morgan fingerprint density at radius 2 is 2.32 bits per heavy atom. The molecule has 1 aliphatic rings. The minimum absolute atomic E-state index is 0.692. The van der Waals surface area contributed by atoms with Gasteiger partial charge in [-0.25, -0.2) is 0 Å². The number of benzene rings is 1. The Morgan fingerprint density at radius 1 is 1.42 bits per heavy atom. The third-order valence-corrected chi connectivity index (χ3v) is 3.72. The molecule has 1 aromatic carbocycles. The molecule has 4 heteroatoms. The Labute approximate surface area is 120 Å². The highest BCUT2D eigenvalue weighted by Crippen LogP contribution is 2.17. The van der Waals surface area contributed by atoms with Crippen LogP contribution in [0.2, 0.25) is 5.02 Å². The van der Waals surface area contributed by atoms with Crippen LogP contribution in [-0.4, -0.2) is 44.9 Å². The van der Waals surface area contributed by atoms with Crippen LogP contribution in [0.3, 0.4) is 0 Å². The van der Waals surface area contributed by atoms with E-state index in [-0.39, 0.29) is 0 Å². The van der Waals surface area contributed by atoms with E-state index in [0.29, 0.717) is 11.6 Å². The summed E-state index contributed by atoms with van der Waals surface area (Å²) in [6, 6.07) is 7.53. The summed E-state index contributed by atoms with van der Waals surface area (Å²) in [7, 11) is 2.14. The number of rotatable bonds is 7. The summed E-state index contributed by atoms with van der Waals surface area (Å²) in [6.07, 6.45) is 2.43. The van der Waals surface area contributed by atoms with Gasteiger partial charge in [-0.1, -0.05) is 17.7 Å². The molecule has 1 fully saturated rings. The summed E-state index contributed by atoms with van der Waals surface area (Å²) in [5, 5.41) is 0.715. The predicted octanol–water partition coefficient (Wildman–Crippen LogP) is 3.08. The van der Waals surface area contributed by atoms with Gasteiger partial charge in [-0.3, -0.25) is 0 Å². The molecule has 0 spiro atoms. The molecule has 3 nitrogen and oxygen atoms in total. The van der Waals surface area contributed by atoms with Gasteiger partial charge in [-0.2, -0.15) is 0 Å². The second kappa shape index (κ2) is 7.73. The summed E-state index contributed by atoms with van der Waals surface area (Å²) in [4.78, 5) is 2.31. The van der Waals surface area contributed by atoms with Crippen LogP contribution in [0.25, 0.3) is 0 Å². The Hall–Kier alpha value is -0.770. The van der Waals surface area contributed by atoms with Gasteiger partial charge < -0.3 is 14.4 Å². The van der Waals surface area contributed by atoms with Crippen molar-refractivity contribution in [2.45, 2.75) is 12.8 Å². The van der Waals surface area contributed by atoms with Crippen molar-refractivity contribution in [2.24, 2.45) is 5.92 Å². The maximum absolute atomic E-state index is 5.91. The first-order valence-corrected chi connectivity index (χ1v) is 7.26. The second-order valence-electron chi connectivity index (χ2n) is 5.13. The number of hydrogen-bond acceptors (Lipinski definition) is 3. The standard InChI is InChI=1S/C15H22ClNO2/c1-17(7-5-13-6-9-18-12-13)8-10-19-15-4-2-3-14(16)11-15/h2-4,11,13H,5-10,12H2,1H3. The van der Waals surface area contributed by atoms with Crippen LogP contribution in [0.5, 0.6) is 5.75 Å². The summed E-state index contributed by atoms with van der Waals surface area (Å²) in [5.41, 5.74) is 0. The normalized spacial score (nSPS) is 19.0. The third kappa shape index (κ3) is 5.39. The van der Waals surface area contributed by atoms with E-state index in [1.54, 1.807) is 0 Å². The maximum Gasteiger partial charge on any atom is 0.120 e. The lowest BCUT2D eigenvalue weighted by Crippen LogP contribution is -2.26. The molecule has 1 unspecified atom stereocenters. The first-order valence-electron chi connectivity index (χ1n) is 6.88. The zero-order valence-corrected chi connectivity index (χ0v) is 12.2. The number of hydrogen-bond donors (Lipinski definition) is 0. The molecular formula is C15H22ClNO2. The summed E-state index contributed by atoms with van der Waals surface area (Å²) >= 11 is 5.91. The number of ether oxygens (including phenoxy) is 2. The van der Waals surface area contributed by atoms with Gasteiger partial charge >= 0.3 is 0 Å². The van der Waals surface area contributed by atoms with E-state index in [9.17, 15) is 0 Å². The van der Waals surface area contributed by atoms with Crippen LogP contribution >= 0.6 is 11.6 Å². The molecule has 0 aliphatic carbocycles. The van der Waals surface area contributed by atoms with Crippen molar-refractivity contribution >= 4 is 11.6 Å². The van der Waals surface area contributed by atoms with Gasteiger partial charge in [0.15, 0.2) is 0 Å². The van der Waals surface area contributed by atoms with Crippen LogP contribution < -0.4 is 4.74 Å². The van der Waals surface area contributed by atoms with Gasteiger partial charge in [0.2, 0.25) is 0 Å². The van der Waals surface area contributed by atoms with E-state index in [4.69, 9.17) is 21.1 Å². The quantitative estimate of drug-likeness (QED) is 0.768. The Balaban J connectivity index is 1.59. The highest BCUT2D eigenvalue weighted by Gasteiger charge is 2.15. The first kappa shape index (κ1) is 14.6. The zero-order valence-electron chi connectivity index (χ0n) is 11.5. The Morgan fingerprint density at radius 3 is 3.05 bits per heavy atom. The lowest BCUT2D eigenvalue weighted by molar-refractivity contribution is 0.177. The summed E-state index contributed by atoms with van der Waals surface area (Å²) in [6.45, 7) is 4.60. The highest BCUT2D eigenvalue weighted by molar-refractivity contribution is 6.30. The predicted molar refractivity (Wildman–Crippen MR) is 78.0 cm³/mol. The van der Waals surface area contributed by atoms with Crippen molar-refractivity contribution in [3.63, 3.8) is 0 Å². The number of likely N-dealkylation sites (N-methyl/N-ethyl adjacent to an activating group) is 1. The van der Waals surface area contributed by atoms with Gasteiger partial charge in [0, 0.05) is 24.8 Å². The van der Waals surface area contributed by atoms with Crippen LogP contribution in [0.4, 0.5) is 0 Å². The third-order valence-electron chi connectivity index (χ3n) is 3.48. The molecular weight excluding hydrogens is 262 g/mol. The van der Waals surface area contributed by atoms with Gasteiger partial charge in [0.1, 0.15) is 12.4 Å². The maximum atomic E-state index is 5.91. The largest absolute Gasteiger partial charge is 0.492 e. The van der Waals surface area contributed by atoms with Crippen molar-refractivity contribution in [1.82, 2.24) is 4.90 Å². The summed E-state index contributed by atoms with van der Waals surface area (Å²) < 4.78 is 11.1. The zero-order chi connectivity index (χ0) is 13.5. The molecule has 1 atom stereocenters. The fourth-order valence-corrected chi connectivity index (χ4v) is 2.38. The van der Waals surface area contributed by atoms with E-state index in [1.807, 2.05) is 24.3 Å². The fourth-order valence-electron chi connectivity index (χ4n) is 2.20. The molecule has 0 aromatic heterocycles. The van der Waals surface area contributed by atoms with E-state index < -0.39 is 0 Å². The first-order chi connectivity index (χ1) is 9.24. The smallest absolute Gasteiger partial charge is 0.120 e. The Bertz CT molecular complexity index is 380. The number of nitrogens with zero attached hydrogens (tertiary/aromatic N) is 1. The van der Waals surface area contributed by atoms with Crippen molar-refractivity contribution in [1.29, 1.82) is 0 Å². The van der Waals surface area contributed by atoms with Gasteiger partial charge in [-0.15, -0.1) is 0 Å². The molecule has 1 aromatic rings. The van der Waals surface area contributed by atoms with Gasteiger partial charge in [-0.05, 0) is 50.6 Å². The highest BCUT2D eigenvalue weighted by atomic mass is 35.5. The van der Waals surface area contributed by atoms with Crippen LogP contribution in [0, 0.1) is 5.92 Å². The van der Waals surface area contributed by atoms with Crippen molar-refractivity contribution in [3.8, 4) is 5.75 Å². The summed E-state index contributed by atoms with van der Waals surface area (Å²) in [5.74, 6) is 1.58. The molecule has 19 heavy (non-hydrogen) atoms. The van der Waals surface area contributed by atoms with Gasteiger partial charge in [0.25, 0.3) is 0 Å². The SMILES string of the molecule is CN(CCOc1cccc(Cl)c1)CCC1CCOC1. The minimum Gasteiger partial charge on any atom is -0.492 e. The topological polar surface area (TPSA) is 21.7 Å². The van der Waals surface area contributed by atoms with Gasteiger partial charge in [0.05, 0.1) is 0 Å². The van der Waals surface area contributed by atoms with Crippen molar-refractivity contribution in [3.05, 3.63) is 29.3 Å². The Kier molecular flexibility index (Phi) is 5.95. The molecule has 1 saturated heterocycles. The minimum atomic E-state index is 0.692.